The van der Waals surface area contributed by atoms with Crippen LogP contribution in [0.1, 0.15) is 75.6 Å². The topological polar surface area (TPSA) is 72.7 Å². The van der Waals surface area contributed by atoms with Gasteiger partial charge in [-0.15, -0.1) is 0 Å². The Kier molecular flexibility index (Phi) is 12.4. The number of pyridine rings is 1. The molecule has 1 N–H and O–H groups in total. The minimum atomic E-state index is -0.0532. The van der Waals surface area contributed by atoms with Gasteiger partial charge in [0.05, 0.1) is 17.4 Å². The van der Waals surface area contributed by atoms with E-state index in [1.807, 2.05) is 19.2 Å². The van der Waals surface area contributed by atoms with E-state index >= 15 is 0 Å². The van der Waals surface area contributed by atoms with Gasteiger partial charge in [-0.2, -0.15) is 0 Å². The molecule has 0 fully saturated rings. The van der Waals surface area contributed by atoms with Crippen LogP contribution < -0.4 is 10.9 Å². The molecule has 0 bridgehead atoms. The van der Waals surface area contributed by atoms with Gasteiger partial charge in [-0.3, -0.25) is 14.6 Å². The van der Waals surface area contributed by atoms with E-state index in [0.717, 1.165) is 54.8 Å². The first kappa shape index (κ1) is 30.7. The highest BCUT2D eigenvalue weighted by Gasteiger charge is 2.17. The third-order valence-corrected chi connectivity index (χ3v) is 6.66. The van der Waals surface area contributed by atoms with Crippen LogP contribution in [-0.2, 0) is 23.0 Å². The summed E-state index contributed by atoms with van der Waals surface area (Å²) in [5.41, 5.74) is 5.95. The van der Waals surface area contributed by atoms with Crippen LogP contribution >= 0.6 is 0 Å². The van der Waals surface area contributed by atoms with Gasteiger partial charge in [-0.1, -0.05) is 39.8 Å². The second-order valence-corrected chi connectivity index (χ2v) is 10.9. The highest BCUT2D eigenvalue weighted by atomic mass is 16.5. The molecule has 6 heteroatoms. The third-order valence-electron chi connectivity index (χ3n) is 6.66. The Morgan fingerprint density at radius 1 is 1.11 bits per heavy atom. The fourth-order valence-electron chi connectivity index (χ4n) is 4.61. The smallest absolute Gasteiger partial charge is 0.253 e. The highest BCUT2D eigenvalue weighted by Crippen LogP contribution is 2.24. The van der Waals surface area contributed by atoms with E-state index in [1.54, 1.807) is 18.7 Å². The van der Waals surface area contributed by atoms with Gasteiger partial charge in [0.1, 0.15) is 5.78 Å². The highest BCUT2D eigenvalue weighted by molar-refractivity contribution is 6.02. The fourth-order valence-corrected chi connectivity index (χ4v) is 4.61. The largest absolute Gasteiger partial charge is 0.384 e. The first-order valence-electron chi connectivity index (χ1n) is 13.6. The van der Waals surface area contributed by atoms with Crippen LogP contribution in [0.15, 0.2) is 40.2 Å². The molecule has 2 aromatic rings. The molecule has 37 heavy (non-hydrogen) atoms. The average molecular weight is 510 g/mol. The number of aliphatic imine (C=N–C) groups is 1. The van der Waals surface area contributed by atoms with Crippen LogP contribution in [0.5, 0.6) is 0 Å². The number of aromatic nitrogens is 1. The second kappa shape index (κ2) is 15.0. The lowest BCUT2D eigenvalue weighted by Crippen LogP contribution is -2.37. The molecule has 1 aromatic carbocycles. The number of hydrogen-bond donors (Lipinski definition) is 1. The van der Waals surface area contributed by atoms with Crippen molar-refractivity contribution in [3.63, 3.8) is 0 Å². The molecule has 6 nitrogen and oxygen atoms in total. The molecule has 0 spiro atoms. The molecule has 0 aliphatic carbocycles. The molecule has 2 atom stereocenters. The molecular formula is C31H47N3O3. The average Bonchev–Trinajstić information content (AvgIpc) is 2.83. The van der Waals surface area contributed by atoms with Crippen LogP contribution in [0.4, 0.5) is 5.69 Å². The Morgan fingerprint density at radius 3 is 2.46 bits per heavy atom. The molecule has 2 rings (SSSR count). The quantitative estimate of drug-likeness (QED) is 0.246. The number of hydrogen-bond acceptors (Lipinski definition) is 5. The van der Waals surface area contributed by atoms with Gasteiger partial charge in [-0.25, -0.2) is 0 Å². The number of ketones is 1. The standard InChI is InChI=1S/C31H47N3O3/c1-9-27(30(35)15-21(2)3)32-14-10-11-25-13-12-23(5)28(18-25)33-29(16-22(4)20-37-8)26-17-24(6)31(36)34(7)19-26/h12-13,17-19,21-22,27,32H,9-11,14-16,20H2,1-8H3/b33-29+. The van der Waals surface area contributed by atoms with E-state index in [4.69, 9.17) is 9.73 Å². The molecule has 204 valence electrons. The van der Waals surface area contributed by atoms with Crippen molar-refractivity contribution in [3.05, 3.63) is 63.1 Å². The van der Waals surface area contributed by atoms with E-state index in [9.17, 15) is 9.59 Å². The number of methoxy groups -OCH3 is 1. The number of ether oxygens (including phenoxy) is 1. The van der Waals surface area contributed by atoms with E-state index in [0.29, 0.717) is 36.2 Å². The lowest BCUT2D eigenvalue weighted by atomic mass is 9.98. The molecule has 1 heterocycles. The van der Waals surface area contributed by atoms with Gasteiger partial charge in [0.15, 0.2) is 0 Å². The minimum absolute atomic E-state index is 0.0102. The first-order valence-corrected chi connectivity index (χ1v) is 13.6. The van der Waals surface area contributed by atoms with Crippen LogP contribution in [0, 0.1) is 25.7 Å². The molecule has 2 unspecified atom stereocenters. The maximum absolute atomic E-state index is 12.4. The summed E-state index contributed by atoms with van der Waals surface area (Å²) in [7, 11) is 3.50. The lowest BCUT2D eigenvalue weighted by molar-refractivity contribution is -0.121. The van der Waals surface area contributed by atoms with Crippen molar-refractivity contribution >= 4 is 17.2 Å². The van der Waals surface area contributed by atoms with Gasteiger partial charge in [0.25, 0.3) is 5.56 Å². The number of nitrogens with one attached hydrogen (secondary N) is 1. The summed E-state index contributed by atoms with van der Waals surface area (Å²) in [4.78, 5) is 29.8. The number of aryl methyl sites for hydroxylation is 4. The van der Waals surface area contributed by atoms with Gasteiger partial charge in [-0.05, 0) is 81.2 Å². The second-order valence-electron chi connectivity index (χ2n) is 10.9. The molecule has 0 saturated heterocycles. The van der Waals surface area contributed by atoms with Crippen LogP contribution in [0.2, 0.25) is 0 Å². The van der Waals surface area contributed by atoms with Crippen molar-refractivity contribution in [3.8, 4) is 0 Å². The summed E-state index contributed by atoms with van der Waals surface area (Å²) >= 11 is 0. The number of carbonyl (C=O) groups excluding carboxylic acids is 1. The van der Waals surface area contributed by atoms with Crippen molar-refractivity contribution in [2.45, 2.75) is 79.7 Å². The van der Waals surface area contributed by atoms with Crippen molar-refractivity contribution in [2.24, 2.45) is 23.9 Å². The zero-order chi connectivity index (χ0) is 27.5. The Bertz CT molecular complexity index is 1090. The predicted octanol–water partition coefficient (Wildman–Crippen LogP) is 5.71. The van der Waals surface area contributed by atoms with E-state index < -0.39 is 0 Å². The Balaban J connectivity index is 2.22. The summed E-state index contributed by atoms with van der Waals surface area (Å²) < 4.78 is 7.01. The third kappa shape index (κ3) is 9.67. The number of benzene rings is 1. The summed E-state index contributed by atoms with van der Waals surface area (Å²) in [6.07, 6.45) is 5.95. The van der Waals surface area contributed by atoms with Crippen LogP contribution in [0.3, 0.4) is 0 Å². The van der Waals surface area contributed by atoms with Crippen LogP contribution in [-0.4, -0.2) is 42.4 Å². The van der Waals surface area contributed by atoms with Gasteiger partial charge in [0, 0.05) is 44.5 Å². The van der Waals surface area contributed by atoms with Crippen molar-refractivity contribution < 1.29 is 9.53 Å². The number of nitrogens with zero attached hydrogens (tertiary/aromatic N) is 2. The predicted molar refractivity (Wildman–Crippen MR) is 154 cm³/mol. The van der Waals surface area contributed by atoms with E-state index in [1.165, 1.54) is 5.56 Å². The van der Waals surface area contributed by atoms with E-state index in [-0.39, 0.29) is 11.6 Å². The summed E-state index contributed by atoms with van der Waals surface area (Å²) in [6.45, 7) is 13.8. The molecule has 0 aliphatic rings. The Hall–Kier alpha value is -2.57. The first-order chi connectivity index (χ1) is 17.5. The van der Waals surface area contributed by atoms with Gasteiger partial charge in [0.2, 0.25) is 0 Å². The fraction of sp³-hybridized carbons (Fsp3) is 0.581. The molecular weight excluding hydrogens is 462 g/mol. The summed E-state index contributed by atoms with van der Waals surface area (Å²) in [6, 6.07) is 8.36. The number of rotatable bonds is 15. The molecule has 0 saturated carbocycles. The summed E-state index contributed by atoms with van der Waals surface area (Å²) in [5.74, 6) is 0.996. The molecule has 1 aromatic heterocycles. The van der Waals surface area contributed by atoms with Crippen molar-refractivity contribution in [1.82, 2.24) is 9.88 Å². The SMILES string of the molecule is CCC(NCCCc1ccc(C)c(/N=C(\CC(C)COC)c2cc(C)c(=O)n(C)c2)c1)C(=O)CC(C)C. The van der Waals surface area contributed by atoms with Crippen molar-refractivity contribution in [2.75, 3.05) is 20.3 Å². The maximum atomic E-state index is 12.4. The Labute approximate surface area is 223 Å². The number of Topliss-reactive ketones (excluding diaryl/α,β-unsaturated/α-hetero) is 1. The zero-order valence-corrected chi connectivity index (χ0v) is 24.2. The maximum Gasteiger partial charge on any atom is 0.253 e. The summed E-state index contributed by atoms with van der Waals surface area (Å²) in [5, 5.41) is 3.46. The van der Waals surface area contributed by atoms with Gasteiger partial charge >= 0.3 is 0 Å². The van der Waals surface area contributed by atoms with Gasteiger partial charge < -0.3 is 14.6 Å². The molecule has 0 radical (unpaired) electrons. The zero-order valence-electron chi connectivity index (χ0n) is 24.2. The molecule has 0 amide bonds. The molecule has 0 aliphatic heterocycles. The minimum Gasteiger partial charge on any atom is -0.384 e. The van der Waals surface area contributed by atoms with Crippen molar-refractivity contribution in [1.29, 1.82) is 0 Å². The normalized spacial score (nSPS) is 13.7. The Morgan fingerprint density at radius 2 is 1.84 bits per heavy atom. The van der Waals surface area contributed by atoms with E-state index in [2.05, 4.69) is 58.1 Å². The van der Waals surface area contributed by atoms with Crippen LogP contribution in [0.25, 0.3) is 0 Å². The monoisotopic (exact) mass is 509 g/mol. The lowest BCUT2D eigenvalue weighted by Gasteiger charge is -2.17. The number of carbonyl (C=O) groups is 1.